The van der Waals surface area contributed by atoms with E-state index in [1.165, 1.54) is 11.8 Å². The molecule has 1 aromatic heterocycles. The highest BCUT2D eigenvalue weighted by Gasteiger charge is 2.42. The first kappa shape index (κ1) is 31.2. The van der Waals surface area contributed by atoms with Crippen LogP contribution >= 0.6 is 0 Å². The molecular formula is C26H37N7O8. The van der Waals surface area contributed by atoms with E-state index < -0.39 is 65.5 Å². The van der Waals surface area contributed by atoms with Crippen molar-refractivity contribution in [2.45, 2.75) is 83.6 Å². The summed E-state index contributed by atoms with van der Waals surface area (Å²) in [6.07, 6.45) is 2.51. The SMILES string of the molecule is CCCC1NC(=O)[C@@H]2C[C@H](C)CN2C(=O)C(NC=O)CNC(=O)[C@@H](CC)NC(=O)c2coc(n2)[C@H](C)NC(=O)C1=O. The van der Waals surface area contributed by atoms with Gasteiger partial charge >= 0.3 is 0 Å². The molecule has 6 amide bonds. The van der Waals surface area contributed by atoms with Crippen LogP contribution in [0.4, 0.5) is 0 Å². The van der Waals surface area contributed by atoms with Gasteiger partial charge in [-0.05, 0) is 32.1 Å². The second kappa shape index (κ2) is 13.9. The minimum atomic E-state index is -1.20. The van der Waals surface area contributed by atoms with Gasteiger partial charge in [0.25, 0.3) is 11.8 Å². The van der Waals surface area contributed by atoms with Crippen molar-refractivity contribution in [2.24, 2.45) is 5.92 Å². The van der Waals surface area contributed by atoms with Gasteiger partial charge in [-0.25, -0.2) is 4.98 Å². The minimum Gasteiger partial charge on any atom is -0.446 e. The number of hydrogen-bond donors (Lipinski definition) is 5. The van der Waals surface area contributed by atoms with Gasteiger partial charge in [-0.3, -0.25) is 33.6 Å². The van der Waals surface area contributed by atoms with Crippen LogP contribution in [-0.4, -0.2) is 88.9 Å². The molecule has 2 unspecified atom stereocenters. The molecule has 3 heterocycles. The van der Waals surface area contributed by atoms with Crippen LogP contribution in [0.3, 0.4) is 0 Å². The first-order chi connectivity index (χ1) is 19.5. The van der Waals surface area contributed by atoms with Crippen LogP contribution in [0.2, 0.25) is 0 Å². The van der Waals surface area contributed by atoms with Crippen LogP contribution in [0.15, 0.2) is 10.7 Å². The van der Waals surface area contributed by atoms with E-state index in [4.69, 9.17) is 4.42 Å². The number of Topliss-reactive ketones (excluding diaryl/α,β-unsaturated/α-hetero) is 1. The summed E-state index contributed by atoms with van der Waals surface area (Å²) in [6.45, 7) is 6.72. The van der Waals surface area contributed by atoms with Gasteiger partial charge in [-0.1, -0.05) is 27.2 Å². The largest absolute Gasteiger partial charge is 0.446 e. The lowest BCUT2D eigenvalue weighted by molar-refractivity contribution is -0.143. The second-order valence-corrected chi connectivity index (χ2v) is 10.3. The fraction of sp³-hybridized carbons (Fsp3) is 0.615. The van der Waals surface area contributed by atoms with Crippen molar-refractivity contribution in [3.8, 4) is 0 Å². The molecule has 41 heavy (non-hydrogen) atoms. The number of aromatic nitrogens is 1. The summed E-state index contributed by atoms with van der Waals surface area (Å²) in [5, 5.41) is 12.6. The molecule has 0 aromatic carbocycles. The number of carbonyl (C=O) groups is 7. The smallest absolute Gasteiger partial charge is 0.290 e. The lowest BCUT2D eigenvalue weighted by atomic mass is 10.0. The van der Waals surface area contributed by atoms with Crippen molar-refractivity contribution in [2.75, 3.05) is 13.1 Å². The summed E-state index contributed by atoms with van der Waals surface area (Å²) >= 11 is 0. The molecule has 6 atom stereocenters. The lowest BCUT2D eigenvalue weighted by Gasteiger charge is -2.29. The average Bonchev–Trinajstić information content (AvgIpc) is 3.59. The van der Waals surface area contributed by atoms with E-state index in [2.05, 4.69) is 31.6 Å². The highest BCUT2D eigenvalue weighted by molar-refractivity contribution is 6.38. The highest BCUT2D eigenvalue weighted by Crippen LogP contribution is 2.24. The highest BCUT2D eigenvalue weighted by atomic mass is 16.3. The summed E-state index contributed by atoms with van der Waals surface area (Å²) in [5.41, 5.74) is -0.158. The third-order valence-electron chi connectivity index (χ3n) is 7.08. The Hall–Kier alpha value is -4.30. The van der Waals surface area contributed by atoms with E-state index in [-0.39, 0.29) is 43.4 Å². The molecule has 3 rings (SSSR count). The summed E-state index contributed by atoms with van der Waals surface area (Å²) in [4.78, 5) is 95.1. The van der Waals surface area contributed by atoms with Crippen LogP contribution in [0.1, 0.15) is 75.8 Å². The molecule has 0 aliphatic carbocycles. The third-order valence-corrected chi connectivity index (χ3v) is 7.08. The predicted molar refractivity (Wildman–Crippen MR) is 142 cm³/mol. The standard InChI is InChI=1S/C26H37N7O8/c1-5-7-16-20(35)24(39)29-14(4)25-32-18(11-41-25)22(37)30-15(6-2)21(36)27-9-17(28-12-34)26(40)33-10-13(3)8-19(33)23(38)31-16/h11-17,19H,5-10H2,1-4H3,(H,27,36)(H,28,34)(H,29,39)(H,30,37)(H,31,38)/t13-,14-,15+,16?,17?,19-/m0/s1. The molecule has 15 heteroatoms. The predicted octanol–water partition coefficient (Wildman–Crippen LogP) is -1.30. The Morgan fingerprint density at radius 2 is 1.76 bits per heavy atom. The van der Waals surface area contributed by atoms with Gasteiger partial charge in [0.15, 0.2) is 5.69 Å². The first-order valence-corrected chi connectivity index (χ1v) is 13.7. The number of hydrogen-bond acceptors (Lipinski definition) is 9. The quantitative estimate of drug-likeness (QED) is 0.208. The first-order valence-electron chi connectivity index (χ1n) is 13.7. The molecule has 2 aliphatic rings. The van der Waals surface area contributed by atoms with Crippen molar-refractivity contribution in [3.63, 3.8) is 0 Å². The summed E-state index contributed by atoms with van der Waals surface area (Å²) in [7, 11) is 0. The molecule has 1 saturated heterocycles. The van der Waals surface area contributed by atoms with E-state index >= 15 is 0 Å². The molecule has 15 nitrogen and oxygen atoms in total. The van der Waals surface area contributed by atoms with E-state index in [1.54, 1.807) is 13.8 Å². The minimum absolute atomic E-state index is 0.0452. The zero-order chi connectivity index (χ0) is 30.3. The van der Waals surface area contributed by atoms with Crippen LogP contribution in [0.25, 0.3) is 0 Å². The zero-order valence-electron chi connectivity index (χ0n) is 23.5. The molecule has 1 fully saturated rings. The van der Waals surface area contributed by atoms with Gasteiger partial charge in [0.05, 0.1) is 6.04 Å². The number of oxazole rings is 1. The number of amides is 6. The Balaban J connectivity index is 1.96. The Morgan fingerprint density at radius 1 is 1.02 bits per heavy atom. The third kappa shape index (κ3) is 7.46. The maximum absolute atomic E-state index is 13.5. The normalized spacial score (nSPS) is 28.6. The van der Waals surface area contributed by atoms with Crippen molar-refractivity contribution in [1.82, 2.24) is 36.5 Å². The van der Waals surface area contributed by atoms with Crippen LogP contribution in [-0.2, 0) is 28.8 Å². The summed E-state index contributed by atoms with van der Waals surface area (Å²) < 4.78 is 5.32. The van der Waals surface area contributed by atoms with Gasteiger partial charge in [0, 0.05) is 13.1 Å². The van der Waals surface area contributed by atoms with E-state index in [0.717, 1.165) is 6.26 Å². The van der Waals surface area contributed by atoms with E-state index in [0.29, 0.717) is 19.3 Å². The Labute approximate surface area is 236 Å². The maximum Gasteiger partial charge on any atom is 0.290 e. The number of nitrogens with zero attached hydrogens (tertiary/aromatic N) is 2. The van der Waals surface area contributed by atoms with E-state index in [1.807, 2.05) is 6.92 Å². The van der Waals surface area contributed by atoms with Crippen LogP contribution < -0.4 is 26.6 Å². The monoisotopic (exact) mass is 575 g/mol. The molecule has 224 valence electrons. The number of carbonyl (C=O) groups excluding carboxylic acids is 7. The zero-order valence-corrected chi connectivity index (χ0v) is 23.5. The summed E-state index contributed by atoms with van der Waals surface area (Å²) in [5.74, 6) is -4.52. The summed E-state index contributed by atoms with van der Waals surface area (Å²) in [6, 6.07) is -5.21. The average molecular weight is 576 g/mol. The van der Waals surface area contributed by atoms with Crippen molar-refractivity contribution < 1.29 is 38.0 Å². The molecule has 2 aliphatic heterocycles. The number of ketones is 1. The van der Waals surface area contributed by atoms with E-state index in [9.17, 15) is 33.6 Å². The Bertz CT molecular complexity index is 1180. The van der Waals surface area contributed by atoms with Crippen molar-refractivity contribution in [3.05, 3.63) is 17.8 Å². The second-order valence-electron chi connectivity index (χ2n) is 10.3. The van der Waals surface area contributed by atoms with Gasteiger partial charge < -0.3 is 35.9 Å². The fourth-order valence-electron chi connectivity index (χ4n) is 4.85. The molecule has 0 radical (unpaired) electrons. The van der Waals surface area contributed by atoms with Gasteiger partial charge in [-0.2, -0.15) is 0 Å². The number of rotatable bonds is 5. The Kier molecular flexibility index (Phi) is 10.6. The molecule has 5 N–H and O–H groups in total. The van der Waals surface area contributed by atoms with Gasteiger partial charge in [0.1, 0.15) is 30.4 Å². The van der Waals surface area contributed by atoms with Crippen molar-refractivity contribution >= 4 is 41.7 Å². The molecule has 1 aromatic rings. The lowest BCUT2D eigenvalue weighted by Crippen LogP contribution is -2.58. The fourth-order valence-corrected chi connectivity index (χ4v) is 4.85. The maximum atomic E-state index is 13.5. The topological polar surface area (TPSA) is 209 Å². The molecule has 2 bridgehead atoms. The Morgan fingerprint density at radius 3 is 2.41 bits per heavy atom. The number of fused-ring (bicyclic) bond motifs is 3. The van der Waals surface area contributed by atoms with Gasteiger partial charge in [0.2, 0.25) is 35.8 Å². The van der Waals surface area contributed by atoms with Crippen molar-refractivity contribution in [1.29, 1.82) is 0 Å². The molecule has 0 spiro atoms. The van der Waals surface area contributed by atoms with Gasteiger partial charge in [-0.15, -0.1) is 0 Å². The van der Waals surface area contributed by atoms with Crippen LogP contribution in [0.5, 0.6) is 0 Å². The molecular weight excluding hydrogens is 538 g/mol. The molecule has 0 saturated carbocycles. The van der Waals surface area contributed by atoms with Crippen LogP contribution in [0, 0.1) is 5.92 Å². The number of nitrogens with one attached hydrogen (secondary N) is 5.